The summed E-state index contributed by atoms with van der Waals surface area (Å²) in [5, 5.41) is 108. The number of aliphatic hydroxyl groups excluding tert-OH is 6. The van der Waals surface area contributed by atoms with E-state index in [2.05, 4.69) is 0 Å². The van der Waals surface area contributed by atoms with Gasteiger partial charge in [-0.3, -0.25) is 19.4 Å². The van der Waals surface area contributed by atoms with Crippen molar-refractivity contribution < 1.29 is 126 Å². The van der Waals surface area contributed by atoms with Gasteiger partial charge >= 0.3 is 11.9 Å². The second-order valence-corrected chi connectivity index (χ2v) is 37.0. The molecule has 36 atom stereocenters. The predicted octanol–water partition coefficient (Wildman–Crippen LogP) is 8.64. The molecule has 686 valence electrons. The average Bonchev–Trinajstić information content (AvgIpc) is 0.767. The maximum atomic E-state index is 15.1. The van der Waals surface area contributed by atoms with Crippen LogP contribution in [0.4, 0.5) is 0 Å². The number of rotatable bonds is 25. The molecule has 0 aliphatic carbocycles. The molecule has 6 saturated heterocycles. The summed E-state index contributed by atoms with van der Waals surface area (Å²) in [5.74, 6) is -8.49. The third-order valence-corrected chi connectivity index (χ3v) is 27.7. The van der Waals surface area contributed by atoms with Crippen molar-refractivity contribution in [1.82, 2.24) is 9.80 Å². The number of carbonyl (C=O) groups is 2. The van der Waals surface area contributed by atoms with Crippen LogP contribution in [-0.4, -0.2) is 298 Å². The van der Waals surface area contributed by atoms with Gasteiger partial charge in [-0.1, -0.05) is 126 Å². The topological polar surface area (TPSA) is 375 Å². The zero-order chi connectivity index (χ0) is 89.2. The number of aliphatic hydroxyl groups is 8. The molecule has 2 aromatic carbocycles. The van der Waals surface area contributed by atoms with E-state index in [1.807, 2.05) is 140 Å². The molecule has 8 N–H and O–H groups in total. The van der Waals surface area contributed by atoms with Crippen molar-refractivity contribution >= 4 is 23.4 Å². The Morgan fingerprint density at radius 2 is 0.767 bits per heavy atom. The third kappa shape index (κ3) is 23.2. The Hall–Kier alpha value is -4.56. The Bertz CT molecular complexity index is 3330. The number of esters is 2. The van der Waals surface area contributed by atoms with E-state index in [4.69, 9.17) is 86.3 Å². The van der Waals surface area contributed by atoms with E-state index < -0.39 is 228 Å². The summed E-state index contributed by atoms with van der Waals surface area (Å²) in [6, 6.07) is 17.7. The van der Waals surface area contributed by atoms with E-state index in [1.54, 1.807) is 83.5 Å². The van der Waals surface area contributed by atoms with Crippen molar-refractivity contribution in [2.24, 2.45) is 57.7 Å². The zero-order valence-corrected chi connectivity index (χ0v) is 76.3. The normalized spacial score (nSPS) is 44.8. The van der Waals surface area contributed by atoms with Gasteiger partial charge in [0.25, 0.3) is 0 Å². The van der Waals surface area contributed by atoms with Gasteiger partial charge in [-0.2, -0.15) is 0 Å². The van der Waals surface area contributed by atoms with Crippen LogP contribution in [0.15, 0.2) is 71.0 Å². The zero-order valence-electron chi connectivity index (χ0n) is 76.3. The van der Waals surface area contributed by atoms with Crippen LogP contribution in [0.2, 0.25) is 0 Å². The smallest absolute Gasteiger partial charge is 0.311 e. The highest BCUT2D eigenvalue weighted by atomic mass is 16.7. The van der Waals surface area contributed by atoms with Gasteiger partial charge < -0.3 is 117 Å². The lowest BCUT2D eigenvalue weighted by molar-refractivity contribution is -0.320. The van der Waals surface area contributed by atoms with E-state index >= 15 is 9.59 Å². The molecule has 6 aliphatic rings. The first kappa shape index (κ1) is 101. The molecule has 0 saturated carbocycles. The van der Waals surface area contributed by atoms with Crippen molar-refractivity contribution in [3.63, 3.8) is 0 Å². The summed E-state index contributed by atoms with van der Waals surface area (Å²) in [6.45, 7) is 36.1. The van der Waals surface area contributed by atoms with E-state index in [1.165, 1.54) is 28.1 Å². The van der Waals surface area contributed by atoms with Gasteiger partial charge in [0.1, 0.15) is 61.0 Å². The fraction of sp³-hybridized carbons (Fsp3) is 0.822. The van der Waals surface area contributed by atoms with Gasteiger partial charge in [-0.15, -0.1) is 0 Å². The van der Waals surface area contributed by atoms with Crippen molar-refractivity contribution in [2.45, 2.75) is 372 Å². The Morgan fingerprint density at radius 3 is 1.07 bits per heavy atom. The molecular weight excluding hydrogens is 1550 g/mol. The molecule has 0 radical (unpaired) electrons. The van der Waals surface area contributed by atoms with Gasteiger partial charge in [0, 0.05) is 102 Å². The van der Waals surface area contributed by atoms with Crippen LogP contribution in [0.5, 0.6) is 0 Å². The van der Waals surface area contributed by atoms with Gasteiger partial charge in [0.05, 0.1) is 107 Å². The first-order chi connectivity index (χ1) is 56.2. The van der Waals surface area contributed by atoms with Crippen LogP contribution in [-0.2, 0) is 98.8 Å². The second kappa shape index (κ2) is 42.8. The molecule has 30 heteroatoms. The van der Waals surface area contributed by atoms with Crippen molar-refractivity contribution in [1.29, 1.82) is 0 Å². The summed E-state index contributed by atoms with van der Waals surface area (Å²) in [6.07, 6.45) is -21.0. The fourth-order valence-corrected chi connectivity index (χ4v) is 19.5. The molecule has 0 spiro atoms. The number of carbonyl (C=O) groups excluding carboxylic acids is 2. The number of hydrogen-bond acceptors (Lipinski definition) is 30. The Kier molecular flexibility index (Phi) is 36.0. The molecule has 6 aliphatic heterocycles. The van der Waals surface area contributed by atoms with Crippen molar-refractivity contribution in [2.75, 3.05) is 55.6 Å². The molecule has 0 unspecified atom stereocenters. The Balaban J connectivity index is 1.12. The molecule has 2 aromatic rings. The van der Waals surface area contributed by atoms with Crippen molar-refractivity contribution in [3.05, 3.63) is 71.8 Å². The van der Waals surface area contributed by atoms with Crippen LogP contribution >= 0.6 is 0 Å². The highest BCUT2D eigenvalue weighted by molar-refractivity contribution is 5.89. The summed E-state index contributed by atoms with van der Waals surface area (Å²) >= 11 is 0. The standard InChI is InChI=1S/C90H150N4O26/c1-27-65-89(19,103)75(97)53(7)69(91-109-47-61-35-31-29-32-36-61)49(3)43-87(17,107-25)79(55(9)73(57(11)81(101)115-65)117-67-45-85(15,105-23)77(99)59(13)113-67)119-83-71(95)63(41-51(5)111-83)93(21)39-40-94(22)64-42-52(6)112-84(72(64)96)120-80-56(10)74(118-68-46-86(16,106-24)78(100)60(14)114-68)58(12)82(102)116-66(28-2)90(20,104)76(98)54(8)70(50(4)44-88(80,18)108-26)92-110-48-62-37-33-30-34-38-62/h29-38,49-60,63-68,71-80,83-84,95-100,103-104H,27-28,39-48H2,1-26H3/b91-69-,92-70-/t49-,50-,51-,52-,53+,54+,55+,56+,57-,58-,59+,60+,63+,64+,65-,66-,67+,68+,71-,72-,73+,74+,75-,76-,77+,78+,79-,80-,83+,84+,85-,86-,87-,88-,89-,90-/m1/s1. The lowest BCUT2D eigenvalue weighted by Gasteiger charge is -2.50. The van der Waals surface area contributed by atoms with E-state index in [0.717, 1.165) is 11.1 Å². The number of ether oxygens (including phenoxy) is 14. The largest absolute Gasteiger partial charge is 0.459 e. The molecule has 0 bridgehead atoms. The number of oxime groups is 2. The highest BCUT2D eigenvalue weighted by Gasteiger charge is 2.58. The summed E-state index contributed by atoms with van der Waals surface area (Å²) in [7, 11) is 9.91. The summed E-state index contributed by atoms with van der Waals surface area (Å²) in [5.41, 5.74) is -6.67. The van der Waals surface area contributed by atoms with Crippen LogP contribution in [0.3, 0.4) is 0 Å². The lowest BCUT2D eigenvalue weighted by atomic mass is 9.73. The average molecular weight is 1700 g/mol. The maximum Gasteiger partial charge on any atom is 0.311 e. The quantitative estimate of drug-likeness (QED) is 0.0340. The lowest BCUT2D eigenvalue weighted by Crippen LogP contribution is -2.62. The molecular formula is C90H150N4O26. The molecule has 0 amide bonds. The van der Waals surface area contributed by atoms with E-state index in [0.29, 0.717) is 37.4 Å². The number of benzene rings is 2. The molecule has 6 heterocycles. The minimum absolute atomic E-state index is 0.0451. The van der Waals surface area contributed by atoms with E-state index in [-0.39, 0.29) is 51.7 Å². The third-order valence-electron chi connectivity index (χ3n) is 27.7. The van der Waals surface area contributed by atoms with Crippen LogP contribution in [0.25, 0.3) is 0 Å². The minimum Gasteiger partial charge on any atom is -0.459 e. The van der Waals surface area contributed by atoms with Gasteiger partial charge in [-0.05, 0) is 147 Å². The maximum absolute atomic E-state index is 15.1. The highest BCUT2D eigenvalue weighted by Crippen LogP contribution is 2.46. The van der Waals surface area contributed by atoms with Crippen LogP contribution in [0, 0.1) is 47.3 Å². The number of likely N-dealkylation sites (N-methyl/N-ethyl adjacent to an activating group) is 2. The van der Waals surface area contributed by atoms with Crippen molar-refractivity contribution in [3.8, 4) is 0 Å². The fourth-order valence-electron chi connectivity index (χ4n) is 19.5. The van der Waals surface area contributed by atoms with Gasteiger partial charge in [0.15, 0.2) is 25.2 Å². The minimum atomic E-state index is -2.02. The Morgan fingerprint density at radius 1 is 0.442 bits per heavy atom. The van der Waals surface area contributed by atoms with Gasteiger partial charge in [-0.25, -0.2) is 0 Å². The summed E-state index contributed by atoms with van der Waals surface area (Å²) in [4.78, 5) is 46.5. The second-order valence-electron chi connectivity index (χ2n) is 37.0. The number of nitrogens with zero attached hydrogens (tertiary/aromatic N) is 4. The number of cyclic esters (lactones) is 2. The molecule has 0 aromatic heterocycles. The molecule has 8 rings (SSSR count). The van der Waals surface area contributed by atoms with Gasteiger partial charge in [0.2, 0.25) is 0 Å². The van der Waals surface area contributed by atoms with Crippen LogP contribution < -0.4 is 0 Å². The molecule has 6 fully saturated rings. The molecule has 120 heavy (non-hydrogen) atoms. The monoisotopic (exact) mass is 1700 g/mol. The predicted molar refractivity (Wildman–Crippen MR) is 447 cm³/mol. The first-order valence-electron chi connectivity index (χ1n) is 43.5. The summed E-state index contributed by atoms with van der Waals surface area (Å²) < 4.78 is 93.1. The van der Waals surface area contributed by atoms with E-state index in [9.17, 15) is 40.9 Å². The number of methoxy groups -OCH3 is 4. The Labute approximate surface area is 713 Å². The molecule has 30 nitrogen and oxygen atoms in total. The van der Waals surface area contributed by atoms with Crippen LogP contribution in [0.1, 0.15) is 201 Å². The first-order valence-corrected chi connectivity index (χ1v) is 43.5. The number of hydrogen-bond donors (Lipinski definition) is 8. The SMILES string of the molecule is CC[C@H]1OC(=O)[C@H](C)[C@@H](O[C@H]2C[C@@](C)(OC)[C@@H](O)[C@H](C)O2)[C@H](C)[C@@H](O[C@@H]2O[C@H](C)C[C@H](N(C)CCN(C)[C@H]3C[C@@H](C)O[C@@H](O[C@@H]4[C@@H](C)[C@H](O[C@H]5C[C@@](C)(OC)[C@@H](O)[C@H](C)O5)[C@@H](C)C(=O)O[C@H](CC)[C@@](C)(O)[C@H](O)[C@@H](C)/C(=N\OCc5ccccc5)[C@H](C)C[C@@]4(C)OC)[C@@H]3O)[C@H]2O)[C@](C)(OC)C[C@@H](C)/C(=N/OCc2ccccc2)[C@H](C)[C@@H](O)[C@]1(C)O.